The van der Waals surface area contributed by atoms with E-state index in [1.807, 2.05) is 0 Å². The van der Waals surface area contributed by atoms with Gasteiger partial charge in [-0.2, -0.15) is 4.68 Å². The fraction of sp³-hybridized carbons (Fsp3) is 0.292. The highest BCUT2D eigenvalue weighted by Crippen LogP contribution is 2.23. The number of esters is 1. The molecule has 1 aromatic heterocycles. The Kier molecular flexibility index (Phi) is 9.10. The van der Waals surface area contributed by atoms with Crippen molar-refractivity contribution in [3.05, 3.63) is 59.4 Å². The first-order chi connectivity index (χ1) is 18.0. The van der Waals surface area contributed by atoms with Gasteiger partial charge < -0.3 is 25.4 Å². The fourth-order valence-corrected chi connectivity index (χ4v) is 3.26. The fourth-order valence-electron chi connectivity index (χ4n) is 3.09. The van der Waals surface area contributed by atoms with Crippen molar-refractivity contribution < 1.29 is 28.7 Å². The van der Waals surface area contributed by atoms with Crippen LogP contribution in [0.4, 0.5) is 11.4 Å². The summed E-state index contributed by atoms with van der Waals surface area (Å²) in [6, 6.07) is 9.34. The predicted molar refractivity (Wildman–Crippen MR) is 137 cm³/mol. The zero-order valence-corrected chi connectivity index (χ0v) is 21.8. The van der Waals surface area contributed by atoms with E-state index in [0.717, 1.165) is 0 Å². The number of halogens is 1. The molecule has 2 aromatic carbocycles. The third-order valence-electron chi connectivity index (χ3n) is 4.75. The number of carbonyl (C=O) groups is 4. The highest BCUT2D eigenvalue weighted by molar-refractivity contribution is 6.40. The molecule has 14 heteroatoms. The molecular weight excluding hydrogens is 518 g/mol. The predicted octanol–water partition coefficient (Wildman–Crippen LogP) is 1.98. The van der Waals surface area contributed by atoms with Crippen LogP contribution in [0, 0.1) is 0 Å². The summed E-state index contributed by atoms with van der Waals surface area (Å²) in [4.78, 5) is 50.2. The third-order valence-corrected chi connectivity index (χ3v) is 4.99. The monoisotopic (exact) mass is 543 g/mol. The maximum atomic E-state index is 12.8. The summed E-state index contributed by atoms with van der Waals surface area (Å²) in [7, 11) is 1.34. The molecule has 0 saturated carbocycles. The molecule has 0 fully saturated rings. The van der Waals surface area contributed by atoms with E-state index in [2.05, 4.69) is 31.5 Å². The van der Waals surface area contributed by atoms with E-state index in [0.29, 0.717) is 22.0 Å². The molecule has 3 aromatic rings. The summed E-state index contributed by atoms with van der Waals surface area (Å²) in [6.45, 7) is 5.05. The lowest BCUT2D eigenvalue weighted by Crippen LogP contribution is -2.50. The van der Waals surface area contributed by atoms with E-state index in [9.17, 15) is 19.2 Å². The number of methoxy groups -OCH3 is 1. The lowest BCUT2D eigenvalue weighted by molar-refractivity contribution is -0.138. The van der Waals surface area contributed by atoms with Crippen molar-refractivity contribution in [2.24, 2.45) is 0 Å². The standard InChI is InChI=1S/C24H26ClN7O6/c1-24(2,3)38-23(36)14-5-8-16(9-6-14)27-20(33)18(12-37-4)29-22(35)21(34)28-17-11-15(25)7-10-19(17)32-13-26-30-31-32/h5-11,13,18H,12H2,1-4H3,(H,27,33)(H,28,34)(H,29,35)/t18-/m0/s1. The number of hydrogen-bond donors (Lipinski definition) is 3. The quantitative estimate of drug-likeness (QED) is 0.284. The summed E-state index contributed by atoms with van der Waals surface area (Å²) in [5, 5.41) is 18.5. The van der Waals surface area contributed by atoms with Crippen LogP contribution >= 0.6 is 11.6 Å². The van der Waals surface area contributed by atoms with Crippen molar-refractivity contribution >= 4 is 46.7 Å². The van der Waals surface area contributed by atoms with Crippen molar-refractivity contribution in [3.8, 4) is 5.69 Å². The minimum atomic E-state index is -1.21. The van der Waals surface area contributed by atoms with Crippen molar-refractivity contribution in [2.75, 3.05) is 24.4 Å². The van der Waals surface area contributed by atoms with E-state index < -0.39 is 35.3 Å². The second-order valence-corrected chi connectivity index (χ2v) is 9.36. The number of anilines is 2. The Morgan fingerprint density at radius 3 is 2.34 bits per heavy atom. The second-order valence-electron chi connectivity index (χ2n) is 8.92. The summed E-state index contributed by atoms with van der Waals surface area (Å²) in [5.41, 5.74) is 0.541. The van der Waals surface area contributed by atoms with Crippen LogP contribution in [0.3, 0.4) is 0 Å². The van der Waals surface area contributed by atoms with E-state index in [1.165, 1.54) is 48.5 Å². The zero-order chi connectivity index (χ0) is 27.9. The summed E-state index contributed by atoms with van der Waals surface area (Å²) in [5.74, 6) is -3.30. The van der Waals surface area contributed by atoms with Crippen LogP contribution in [-0.2, 0) is 23.9 Å². The number of aromatic nitrogens is 4. The molecule has 13 nitrogen and oxygen atoms in total. The van der Waals surface area contributed by atoms with Crippen molar-refractivity contribution in [3.63, 3.8) is 0 Å². The lowest BCUT2D eigenvalue weighted by Gasteiger charge is -2.20. The highest BCUT2D eigenvalue weighted by Gasteiger charge is 2.25. The highest BCUT2D eigenvalue weighted by atomic mass is 35.5. The molecule has 0 unspecified atom stereocenters. The van der Waals surface area contributed by atoms with Gasteiger partial charge >= 0.3 is 17.8 Å². The van der Waals surface area contributed by atoms with Gasteiger partial charge in [0.2, 0.25) is 5.91 Å². The first kappa shape index (κ1) is 28.2. The molecule has 1 atom stereocenters. The molecular formula is C24H26ClN7O6. The molecule has 0 aliphatic carbocycles. The Labute approximate surface area is 222 Å². The summed E-state index contributed by atoms with van der Waals surface area (Å²) < 4.78 is 11.6. The largest absolute Gasteiger partial charge is 0.456 e. The van der Waals surface area contributed by atoms with E-state index in [4.69, 9.17) is 21.1 Å². The first-order valence-corrected chi connectivity index (χ1v) is 11.6. The van der Waals surface area contributed by atoms with Crippen LogP contribution in [0.2, 0.25) is 5.02 Å². The van der Waals surface area contributed by atoms with Crippen LogP contribution in [0.1, 0.15) is 31.1 Å². The minimum absolute atomic E-state index is 0.169. The van der Waals surface area contributed by atoms with Gasteiger partial charge in [-0.15, -0.1) is 5.10 Å². The smallest absolute Gasteiger partial charge is 0.338 e. The van der Waals surface area contributed by atoms with Crippen LogP contribution in [0.15, 0.2) is 48.8 Å². The molecule has 0 saturated heterocycles. The average Bonchev–Trinajstić information content (AvgIpc) is 3.38. The van der Waals surface area contributed by atoms with E-state index >= 15 is 0 Å². The van der Waals surface area contributed by atoms with Crippen molar-refractivity contribution in [1.29, 1.82) is 0 Å². The van der Waals surface area contributed by atoms with Gasteiger partial charge in [0, 0.05) is 17.8 Å². The zero-order valence-electron chi connectivity index (χ0n) is 21.0. The van der Waals surface area contributed by atoms with Gasteiger partial charge in [-0.3, -0.25) is 14.4 Å². The number of ether oxygens (including phenoxy) is 2. The Morgan fingerprint density at radius 2 is 1.74 bits per heavy atom. The number of benzene rings is 2. The topological polar surface area (TPSA) is 166 Å². The van der Waals surface area contributed by atoms with Gasteiger partial charge in [-0.1, -0.05) is 11.6 Å². The molecule has 200 valence electrons. The Hall–Kier alpha value is -4.36. The summed E-state index contributed by atoms with van der Waals surface area (Å²) in [6.07, 6.45) is 1.30. The van der Waals surface area contributed by atoms with Gasteiger partial charge in [0.15, 0.2) is 0 Å². The number of rotatable bonds is 8. The van der Waals surface area contributed by atoms with Crippen LogP contribution < -0.4 is 16.0 Å². The number of carbonyl (C=O) groups excluding carboxylic acids is 4. The SMILES string of the molecule is COC[C@H](NC(=O)C(=O)Nc1cc(Cl)ccc1-n1cnnn1)C(=O)Nc1ccc(C(=O)OC(C)(C)C)cc1. The molecule has 3 rings (SSSR count). The van der Waals surface area contributed by atoms with Crippen LogP contribution in [0.25, 0.3) is 5.69 Å². The Balaban J connectivity index is 1.65. The third kappa shape index (κ3) is 7.82. The molecule has 3 amide bonds. The number of amides is 3. The molecule has 0 bridgehead atoms. The number of nitrogens with zero attached hydrogens (tertiary/aromatic N) is 4. The lowest BCUT2D eigenvalue weighted by atomic mass is 10.1. The van der Waals surface area contributed by atoms with E-state index in [1.54, 1.807) is 32.9 Å². The van der Waals surface area contributed by atoms with Gasteiger partial charge in [0.05, 0.1) is 23.5 Å². The molecule has 3 N–H and O–H groups in total. The number of nitrogens with one attached hydrogen (secondary N) is 3. The normalized spacial score (nSPS) is 11.8. The molecule has 0 spiro atoms. The van der Waals surface area contributed by atoms with E-state index in [-0.39, 0.29) is 12.3 Å². The van der Waals surface area contributed by atoms with Crippen molar-refractivity contribution in [1.82, 2.24) is 25.5 Å². The molecule has 0 aliphatic rings. The number of tetrazole rings is 1. The minimum Gasteiger partial charge on any atom is -0.456 e. The van der Waals surface area contributed by atoms with Crippen molar-refractivity contribution in [2.45, 2.75) is 32.4 Å². The Morgan fingerprint density at radius 1 is 1.03 bits per heavy atom. The molecule has 0 radical (unpaired) electrons. The summed E-state index contributed by atoms with van der Waals surface area (Å²) >= 11 is 6.03. The van der Waals surface area contributed by atoms with Crippen LogP contribution in [-0.4, -0.2) is 69.3 Å². The molecule has 38 heavy (non-hydrogen) atoms. The molecule has 1 heterocycles. The molecule has 0 aliphatic heterocycles. The first-order valence-electron chi connectivity index (χ1n) is 11.2. The van der Waals surface area contributed by atoms with Gasteiger partial charge in [-0.05, 0) is 73.7 Å². The van der Waals surface area contributed by atoms with Gasteiger partial charge in [-0.25, -0.2) is 4.79 Å². The maximum absolute atomic E-state index is 12.8. The van der Waals surface area contributed by atoms with Gasteiger partial charge in [0.1, 0.15) is 18.0 Å². The average molecular weight is 544 g/mol. The Bertz CT molecular complexity index is 1310. The van der Waals surface area contributed by atoms with Gasteiger partial charge in [0.25, 0.3) is 0 Å². The number of hydrogen-bond acceptors (Lipinski definition) is 9. The maximum Gasteiger partial charge on any atom is 0.338 e. The van der Waals surface area contributed by atoms with Crippen LogP contribution in [0.5, 0.6) is 0 Å². The second kappa shape index (κ2) is 12.3.